The standard InChI is InChI=1S/C20H24ClN5O2/c1-25-18-13(12-26(20(25)27)17-6-4-3-5-16(17)21)11-22-19(24-18)23-14-7-9-15(28-2)10-8-14/h3-6,11,14-15H,7-10,12H2,1-2H3,(H,22,23,24). The van der Waals surface area contributed by atoms with Gasteiger partial charge < -0.3 is 10.1 Å². The van der Waals surface area contributed by atoms with Crippen LogP contribution in [0.1, 0.15) is 31.2 Å². The molecule has 7 nitrogen and oxygen atoms in total. The van der Waals surface area contributed by atoms with Gasteiger partial charge in [0.2, 0.25) is 5.95 Å². The van der Waals surface area contributed by atoms with Crippen molar-refractivity contribution < 1.29 is 9.53 Å². The number of carbonyl (C=O) groups is 1. The molecule has 1 aliphatic heterocycles. The van der Waals surface area contributed by atoms with Crippen LogP contribution in [0.25, 0.3) is 0 Å². The maximum atomic E-state index is 12.9. The monoisotopic (exact) mass is 401 g/mol. The first-order valence-corrected chi connectivity index (χ1v) is 9.89. The van der Waals surface area contributed by atoms with Gasteiger partial charge in [0.15, 0.2) is 0 Å². The first-order valence-electron chi connectivity index (χ1n) is 9.52. The summed E-state index contributed by atoms with van der Waals surface area (Å²) in [5, 5.41) is 3.95. The Balaban J connectivity index is 1.52. The SMILES string of the molecule is COC1CCC(Nc2ncc3c(n2)N(C)C(=O)N(c2ccccc2Cl)C3)CC1. The van der Waals surface area contributed by atoms with E-state index in [2.05, 4.69) is 15.3 Å². The molecular formula is C20H24ClN5O2. The molecule has 1 saturated carbocycles. The quantitative estimate of drug-likeness (QED) is 0.835. The summed E-state index contributed by atoms with van der Waals surface area (Å²) in [5.41, 5.74) is 1.57. The summed E-state index contributed by atoms with van der Waals surface area (Å²) in [6, 6.07) is 7.50. The number of ether oxygens (including phenoxy) is 1. The van der Waals surface area contributed by atoms with Gasteiger partial charge in [0.1, 0.15) is 5.82 Å². The van der Waals surface area contributed by atoms with E-state index in [9.17, 15) is 4.79 Å². The number of anilines is 3. The highest BCUT2D eigenvalue weighted by atomic mass is 35.5. The molecule has 2 heterocycles. The van der Waals surface area contributed by atoms with Gasteiger partial charge in [0.25, 0.3) is 0 Å². The molecule has 2 aromatic rings. The molecule has 0 saturated heterocycles. The van der Waals surface area contributed by atoms with Crippen molar-refractivity contribution in [2.75, 3.05) is 29.3 Å². The number of nitrogens with zero attached hydrogens (tertiary/aromatic N) is 4. The van der Waals surface area contributed by atoms with Crippen LogP contribution in [0.2, 0.25) is 5.02 Å². The van der Waals surface area contributed by atoms with Gasteiger partial charge in [-0.1, -0.05) is 23.7 Å². The second-order valence-electron chi connectivity index (χ2n) is 7.28. The molecule has 1 N–H and O–H groups in total. The lowest BCUT2D eigenvalue weighted by molar-refractivity contribution is 0.0681. The van der Waals surface area contributed by atoms with Gasteiger partial charge in [0, 0.05) is 32.0 Å². The fourth-order valence-corrected chi connectivity index (χ4v) is 4.10. The van der Waals surface area contributed by atoms with Crippen molar-refractivity contribution in [1.29, 1.82) is 0 Å². The van der Waals surface area contributed by atoms with Crippen molar-refractivity contribution in [2.45, 2.75) is 44.4 Å². The zero-order valence-corrected chi connectivity index (χ0v) is 16.8. The van der Waals surface area contributed by atoms with Crippen molar-refractivity contribution in [2.24, 2.45) is 0 Å². The number of carbonyl (C=O) groups excluding carboxylic acids is 1. The number of rotatable bonds is 4. The van der Waals surface area contributed by atoms with Gasteiger partial charge in [0.05, 0.1) is 23.4 Å². The van der Waals surface area contributed by atoms with Crippen LogP contribution in [-0.4, -0.2) is 42.3 Å². The zero-order valence-electron chi connectivity index (χ0n) is 16.1. The number of fused-ring (bicyclic) bond motifs is 1. The molecular weight excluding hydrogens is 378 g/mol. The largest absolute Gasteiger partial charge is 0.381 e. The van der Waals surface area contributed by atoms with E-state index in [4.69, 9.17) is 16.3 Å². The van der Waals surface area contributed by atoms with E-state index in [-0.39, 0.29) is 6.03 Å². The molecule has 8 heteroatoms. The minimum Gasteiger partial charge on any atom is -0.381 e. The fourth-order valence-electron chi connectivity index (χ4n) is 3.86. The van der Waals surface area contributed by atoms with Crippen LogP contribution < -0.4 is 15.1 Å². The van der Waals surface area contributed by atoms with Crippen molar-refractivity contribution in [3.8, 4) is 0 Å². The van der Waals surface area contributed by atoms with Crippen molar-refractivity contribution >= 4 is 35.1 Å². The molecule has 2 aliphatic rings. The predicted octanol–water partition coefficient (Wildman–Crippen LogP) is 4.08. The lowest BCUT2D eigenvalue weighted by atomic mass is 9.93. The number of hydrogen-bond donors (Lipinski definition) is 1. The van der Waals surface area contributed by atoms with Crippen LogP contribution in [0.4, 0.5) is 22.2 Å². The van der Waals surface area contributed by atoms with Crippen molar-refractivity contribution in [3.05, 3.63) is 41.0 Å². The van der Waals surface area contributed by atoms with Crippen LogP contribution in [0, 0.1) is 0 Å². The minimum atomic E-state index is -0.161. The van der Waals surface area contributed by atoms with Crippen LogP contribution in [0.15, 0.2) is 30.5 Å². The average Bonchev–Trinajstić information content (AvgIpc) is 2.72. The summed E-state index contributed by atoms with van der Waals surface area (Å²) in [7, 11) is 3.49. The van der Waals surface area contributed by atoms with Gasteiger partial charge in [-0.2, -0.15) is 4.98 Å². The van der Waals surface area contributed by atoms with E-state index in [1.165, 1.54) is 0 Å². The van der Waals surface area contributed by atoms with Gasteiger partial charge in [-0.05, 0) is 37.8 Å². The van der Waals surface area contributed by atoms with Crippen molar-refractivity contribution in [3.63, 3.8) is 0 Å². The highest BCUT2D eigenvalue weighted by Crippen LogP contribution is 2.33. The van der Waals surface area contributed by atoms with E-state index in [0.717, 1.165) is 31.2 Å². The van der Waals surface area contributed by atoms with Gasteiger partial charge in [-0.15, -0.1) is 0 Å². The third kappa shape index (κ3) is 3.64. The third-order valence-electron chi connectivity index (χ3n) is 5.49. The highest BCUT2D eigenvalue weighted by Gasteiger charge is 2.32. The maximum Gasteiger partial charge on any atom is 0.330 e. The lowest BCUT2D eigenvalue weighted by Gasteiger charge is -2.34. The van der Waals surface area contributed by atoms with Crippen LogP contribution in [0.5, 0.6) is 0 Å². The zero-order chi connectivity index (χ0) is 19.7. The van der Waals surface area contributed by atoms with Crippen LogP contribution in [0.3, 0.4) is 0 Å². The van der Waals surface area contributed by atoms with Gasteiger partial charge in [-0.25, -0.2) is 9.78 Å². The maximum absolute atomic E-state index is 12.9. The molecule has 0 bridgehead atoms. The summed E-state index contributed by atoms with van der Waals surface area (Å²) in [6.07, 6.45) is 6.25. The highest BCUT2D eigenvalue weighted by molar-refractivity contribution is 6.34. The normalized spacial score (nSPS) is 22.2. The Kier molecular flexibility index (Phi) is 5.37. The Labute approximate surface area is 169 Å². The van der Waals surface area contributed by atoms with Crippen LogP contribution >= 0.6 is 11.6 Å². The number of benzene rings is 1. The molecule has 2 amide bonds. The Hall–Kier alpha value is -2.38. The molecule has 0 atom stereocenters. The molecule has 4 rings (SSSR count). The number of aromatic nitrogens is 2. The first-order chi connectivity index (χ1) is 13.6. The second kappa shape index (κ2) is 7.93. The average molecular weight is 402 g/mol. The van der Waals surface area contributed by atoms with Crippen molar-refractivity contribution in [1.82, 2.24) is 9.97 Å². The van der Waals surface area contributed by atoms with E-state index >= 15 is 0 Å². The number of para-hydroxylation sites is 1. The summed E-state index contributed by atoms with van der Waals surface area (Å²) in [5.74, 6) is 1.20. The van der Waals surface area contributed by atoms with E-state index in [1.54, 1.807) is 36.2 Å². The smallest absolute Gasteiger partial charge is 0.330 e. The topological polar surface area (TPSA) is 70.6 Å². The third-order valence-corrected chi connectivity index (χ3v) is 5.81. The minimum absolute atomic E-state index is 0.161. The summed E-state index contributed by atoms with van der Waals surface area (Å²) in [6.45, 7) is 0.390. The molecule has 148 valence electrons. The molecule has 1 fully saturated rings. The Bertz CT molecular complexity index is 869. The lowest BCUT2D eigenvalue weighted by Crippen LogP contribution is -2.46. The Morgan fingerprint density at radius 2 is 1.96 bits per heavy atom. The molecule has 0 radical (unpaired) electrons. The number of hydrogen-bond acceptors (Lipinski definition) is 5. The Morgan fingerprint density at radius 3 is 2.68 bits per heavy atom. The molecule has 0 unspecified atom stereocenters. The number of nitrogens with one attached hydrogen (secondary N) is 1. The molecule has 1 aromatic carbocycles. The number of halogens is 1. The first kappa shape index (κ1) is 19.0. The number of amides is 2. The number of methoxy groups -OCH3 is 1. The molecule has 28 heavy (non-hydrogen) atoms. The van der Waals surface area contributed by atoms with E-state index in [1.807, 2.05) is 18.2 Å². The second-order valence-corrected chi connectivity index (χ2v) is 7.68. The summed E-state index contributed by atoms with van der Waals surface area (Å²) >= 11 is 6.29. The molecule has 1 aliphatic carbocycles. The molecule has 1 aromatic heterocycles. The van der Waals surface area contributed by atoms with Gasteiger partial charge in [-0.3, -0.25) is 9.80 Å². The fraction of sp³-hybridized carbons (Fsp3) is 0.450. The van der Waals surface area contributed by atoms with Gasteiger partial charge >= 0.3 is 6.03 Å². The van der Waals surface area contributed by atoms with Crippen LogP contribution in [-0.2, 0) is 11.3 Å². The van der Waals surface area contributed by atoms with E-state index < -0.39 is 0 Å². The van der Waals surface area contributed by atoms with E-state index in [0.29, 0.717) is 41.2 Å². The molecule has 0 spiro atoms. The number of urea groups is 1. The summed E-state index contributed by atoms with van der Waals surface area (Å²) in [4.78, 5) is 25.2. The Morgan fingerprint density at radius 1 is 1.21 bits per heavy atom. The predicted molar refractivity (Wildman–Crippen MR) is 110 cm³/mol. The summed E-state index contributed by atoms with van der Waals surface area (Å²) < 4.78 is 5.43.